The van der Waals surface area contributed by atoms with Crippen molar-refractivity contribution in [2.75, 3.05) is 23.3 Å². The first-order chi connectivity index (χ1) is 18.7. The van der Waals surface area contributed by atoms with Crippen molar-refractivity contribution in [2.45, 2.75) is 25.8 Å². The molecule has 4 aromatic rings. The topological polar surface area (TPSA) is 102 Å². The number of rotatable bonds is 8. The molecule has 1 amide bonds. The van der Waals surface area contributed by atoms with E-state index in [1.165, 1.54) is 23.3 Å². The van der Waals surface area contributed by atoms with Crippen LogP contribution < -0.4 is 10.2 Å². The molecule has 9 nitrogen and oxygen atoms in total. The van der Waals surface area contributed by atoms with Gasteiger partial charge in [0.15, 0.2) is 5.82 Å². The van der Waals surface area contributed by atoms with E-state index >= 15 is 0 Å². The van der Waals surface area contributed by atoms with Gasteiger partial charge in [0.2, 0.25) is 5.95 Å². The summed E-state index contributed by atoms with van der Waals surface area (Å²) in [5.41, 5.74) is -1.89. The molecular formula is C24H18ClF5N8O. The van der Waals surface area contributed by atoms with Crippen molar-refractivity contribution >= 4 is 29.1 Å². The van der Waals surface area contributed by atoms with Gasteiger partial charge in [-0.3, -0.25) is 14.5 Å². The largest absolute Gasteiger partial charge is 0.341 e. The van der Waals surface area contributed by atoms with E-state index in [4.69, 9.17) is 11.6 Å². The van der Waals surface area contributed by atoms with Crippen molar-refractivity contribution < 1.29 is 26.7 Å². The van der Waals surface area contributed by atoms with E-state index in [-0.39, 0.29) is 35.1 Å². The number of anilines is 2. The van der Waals surface area contributed by atoms with Crippen molar-refractivity contribution in [1.29, 1.82) is 0 Å². The van der Waals surface area contributed by atoms with Crippen LogP contribution in [0.4, 0.5) is 33.6 Å². The summed E-state index contributed by atoms with van der Waals surface area (Å²) in [7, 11) is 0. The Morgan fingerprint density at radius 1 is 1.05 bits per heavy atom. The Balaban J connectivity index is 1.33. The van der Waals surface area contributed by atoms with Crippen LogP contribution in [0.2, 0.25) is 5.02 Å². The lowest BCUT2D eigenvalue weighted by molar-refractivity contribution is 0.102. The minimum atomic E-state index is -3.03. The Morgan fingerprint density at radius 3 is 2.54 bits per heavy atom. The predicted molar refractivity (Wildman–Crippen MR) is 130 cm³/mol. The second kappa shape index (κ2) is 10.9. The van der Waals surface area contributed by atoms with E-state index in [9.17, 15) is 26.7 Å². The molecule has 39 heavy (non-hydrogen) atoms. The molecule has 0 spiro atoms. The number of aromatic nitrogens is 6. The van der Waals surface area contributed by atoms with E-state index in [1.807, 2.05) is 0 Å². The zero-order chi connectivity index (χ0) is 27.7. The van der Waals surface area contributed by atoms with Gasteiger partial charge in [0.25, 0.3) is 18.8 Å². The summed E-state index contributed by atoms with van der Waals surface area (Å²) in [4.78, 5) is 30.6. The van der Waals surface area contributed by atoms with Crippen molar-refractivity contribution in [3.8, 4) is 11.3 Å². The van der Waals surface area contributed by atoms with Gasteiger partial charge in [-0.25, -0.2) is 36.9 Å². The third-order valence-corrected chi connectivity index (χ3v) is 6.23. The summed E-state index contributed by atoms with van der Waals surface area (Å²) in [6, 6.07) is 1.97. The zero-order valence-electron chi connectivity index (χ0n) is 19.8. The van der Waals surface area contributed by atoms with E-state index in [1.54, 1.807) is 4.90 Å². The van der Waals surface area contributed by atoms with Gasteiger partial charge in [-0.05, 0) is 12.5 Å². The molecule has 1 aliphatic rings. The highest BCUT2D eigenvalue weighted by Crippen LogP contribution is 2.35. The fourth-order valence-corrected chi connectivity index (χ4v) is 4.03. The number of halogens is 6. The second-order valence-corrected chi connectivity index (χ2v) is 8.93. The maximum atomic E-state index is 14.6. The van der Waals surface area contributed by atoms with Gasteiger partial charge in [-0.1, -0.05) is 17.7 Å². The number of alkyl halides is 4. The predicted octanol–water partition coefficient (Wildman–Crippen LogP) is 5.31. The monoisotopic (exact) mass is 564 g/mol. The summed E-state index contributed by atoms with van der Waals surface area (Å²) in [6.07, 6.45) is 1.19. The van der Waals surface area contributed by atoms with Crippen LogP contribution in [-0.2, 0) is 6.54 Å². The Bertz CT molecular complexity index is 1530. The number of amides is 1. The third kappa shape index (κ3) is 5.50. The highest BCUT2D eigenvalue weighted by Gasteiger charge is 2.24. The van der Waals surface area contributed by atoms with E-state index in [2.05, 4.69) is 30.4 Å². The number of benzene rings is 1. The quantitative estimate of drug-likeness (QED) is 0.289. The van der Waals surface area contributed by atoms with E-state index in [0.29, 0.717) is 13.1 Å². The first-order valence-electron chi connectivity index (χ1n) is 11.5. The molecule has 1 N–H and O–H groups in total. The van der Waals surface area contributed by atoms with Crippen LogP contribution in [0, 0.1) is 5.82 Å². The van der Waals surface area contributed by atoms with Crippen molar-refractivity contribution in [3.05, 3.63) is 76.5 Å². The van der Waals surface area contributed by atoms with Crippen LogP contribution in [0.25, 0.3) is 11.3 Å². The summed E-state index contributed by atoms with van der Waals surface area (Å²) in [5.74, 6) is -1.66. The van der Waals surface area contributed by atoms with Crippen molar-refractivity contribution in [1.82, 2.24) is 29.7 Å². The van der Waals surface area contributed by atoms with Crippen LogP contribution >= 0.6 is 11.6 Å². The molecule has 4 heterocycles. The van der Waals surface area contributed by atoms with E-state index in [0.717, 1.165) is 30.9 Å². The molecule has 0 bridgehead atoms. The Labute approximate surface area is 222 Å². The fourth-order valence-electron chi connectivity index (χ4n) is 3.88. The van der Waals surface area contributed by atoms with Gasteiger partial charge >= 0.3 is 0 Å². The van der Waals surface area contributed by atoms with Gasteiger partial charge in [0.05, 0.1) is 41.5 Å². The lowest BCUT2D eigenvalue weighted by Gasteiger charge is -2.31. The van der Waals surface area contributed by atoms with Gasteiger partial charge in [-0.2, -0.15) is 5.10 Å². The zero-order valence-corrected chi connectivity index (χ0v) is 20.6. The minimum absolute atomic E-state index is 0.0877. The molecule has 1 fully saturated rings. The molecule has 1 aromatic carbocycles. The average molecular weight is 565 g/mol. The lowest BCUT2D eigenvalue weighted by atomic mass is 10.0. The SMILES string of the molecule is O=C(Nc1cnn(Cc2cnc(N3CCC3)nc2C(F)F)c1)c1cncc(-c2c(C(F)F)ccc(Cl)c2F)n1. The molecule has 1 aliphatic heterocycles. The fraction of sp³-hybridized carbons (Fsp3) is 0.250. The Kier molecular flexibility index (Phi) is 7.37. The third-order valence-electron chi connectivity index (χ3n) is 5.94. The molecule has 0 unspecified atom stereocenters. The van der Waals surface area contributed by atoms with Gasteiger partial charge < -0.3 is 10.2 Å². The van der Waals surface area contributed by atoms with Crippen LogP contribution in [0.15, 0.2) is 43.1 Å². The number of hydrogen-bond donors (Lipinski definition) is 1. The Morgan fingerprint density at radius 2 is 1.85 bits per heavy atom. The molecule has 202 valence electrons. The average Bonchev–Trinajstić information content (AvgIpc) is 3.31. The molecule has 0 aliphatic carbocycles. The number of carbonyl (C=O) groups excluding carboxylic acids is 1. The van der Waals surface area contributed by atoms with Crippen molar-refractivity contribution in [2.24, 2.45) is 0 Å². The maximum Gasteiger partial charge on any atom is 0.280 e. The van der Waals surface area contributed by atoms with E-state index < -0.39 is 46.4 Å². The molecule has 0 atom stereocenters. The minimum Gasteiger partial charge on any atom is -0.341 e. The van der Waals surface area contributed by atoms with Gasteiger partial charge in [-0.15, -0.1) is 0 Å². The maximum absolute atomic E-state index is 14.6. The first kappa shape index (κ1) is 26.4. The van der Waals surface area contributed by atoms with Crippen LogP contribution in [0.5, 0.6) is 0 Å². The van der Waals surface area contributed by atoms with Crippen LogP contribution in [0.3, 0.4) is 0 Å². The molecule has 5 rings (SSSR count). The number of nitrogens with zero attached hydrogens (tertiary/aromatic N) is 7. The molecule has 0 saturated carbocycles. The van der Waals surface area contributed by atoms with Crippen LogP contribution in [-0.4, -0.2) is 48.7 Å². The summed E-state index contributed by atoms with van der Waals surface area (Å²) in [6.45, 7) is 1.33. The summed E-state index contributed by atoms with van der Waals surface area (Å²) < 4.78 is 70.2. The number of hydrogen-bond acceptors (Lipinski definition) is 7. The number of carbonyl (C=O) groups is 1. The summed E-state index contributed by atoms with van der Waals surface area (Å²) >= 11 is 5.76. The highest BCUT2D eigenvalue weighted by atomic mass is 35.5. The normalized spacial score (nSPS) is 13.2. The van der Waals surface area contributed by atoms with Gasteiger partial charge in [0.1, 0.15) is 11.4 Å². The smallest absolute Gasteiger partial charge is 0.280 e. The molecular weight excluding hydrogens is 547 g/mol. The molecule has 15 heteroatoms. The van der Waals surface area contributed by atoms with Gasteiger partial charge in [0, 0.05) is 42.2 Å². The molecule has 3 aromatic heterocycles. The highest BCUT2D eigenvalue weighted by molar-refractivity contribution is 6.31. The molecule has 1 saturated heterocycles. The number of nitrogens with one attached hydrogen (secondary N) is 1. The molecule has 0 radical (unpaired) electrons. The van der Waals surface area contributed by atoms with Crippen molar-refractivity contribution in [3.63, 3.8) is 0 Å². The summed E-state index contributed by atoms with van der Waals surface area (Å²) in [5, 5.41) is 6.18. The second-order valence-electron chi connectivity index (χ2n) is 8.52. The Hall–Kier alpha value is -4.20. The van der Waals surface area contributed by atoms with Crippen LogP contribution in [0.1, 0.15) is 46.6 Å². The first-order valence-corrected chi connectivity index (χ1v) is 11.9. The standard InChI is InChI=1S/C24H18ClF5N8O/c25-15-3-2-14(21(27)28)18(19(15)26)16-8-31-9-17(35-16)23(39)34-13-7-33-38(11-13)10-12-6-32-24(37-4-1-5-37)36-20(12)22(29)30/h2-3,6-9,11,21-22H,1,4-5,10H2,(H,34,39). The lowest BCUT2D eigenvalue weighted by Crippen LogP contribution is -2.38.